The zero-order chi connectivity index (χ0) is 24.8. The van der Waals surface area contributed by atoms with E-state index in [0.29, 0.717) is 10.9 Å². The standard InChI is InChI=1S/C26H19FN4O3S/c27-20-11-5-7-13-22(20)31-25(34)18-10-4-6-12-21(18)30-26(31)35-16-23(32)19(14-28)24(33)29-15-17-8-2-1-3-9-17/h1-13,32H,15-16H2,(H,29,33). The van der Waals surface area contributed by atoms with Gasteiger partial charge in [0.15, 0.2) is 10.7 Å². The van der Waals surface area contributed by atoms with Gasteiger partial charge in [-0.3, -0.25) is 14.2 Å². The van der Waals surface area contributed by atoms with E-state index in [0.717, 1.165) is 21.9 Å². The first-order valence-electron chi connectivity index (χ1n) is 10.5. The number of hydrogen-bond donors (Lipinski definition) is 2. The number of hydrogen-bond acceptors (Lipinski definition) is 6. The minimum Gasteiger partial charge on any atom is -0.510 e. The van der Waals surface area contributed by atoms with Gasteiger partial charge in [0.2, 0.25) is 0 Å². The maximum Gasteiger partial charge on any atom is 0.266 e. The fraction of sp³-hybridized carbons (Fsp3) is 0.0769. The second kappa shape index (κ2) is 10.7. The molecule has 0 saturated heterocycles. The normalized spacial score (nSPS) is 11.5. The quantitative estimate of drug-likeness (QED) is 0.133. The van der Waals surface area contributed by atoms with Crippen LogP contribution < -0.4 is 10.9 Å². The van der Waals surface area contributed by atoms with Crippen LogP contribution in [0.25, 0.3) is 16.6 Å². The minimum absolute atomic E-state index is 0.00262. The molecule has 0 aliphatic heterocycles. The van der Waals surface area contributed by atoms with Crippen LogP contribution in [0.2, 0.25) is 0 Å². The van der Waals surface area contributed by atoms with Gasteiger partial charge < -0.3 is 10.4 Å². The maximum absolute atomic E-state index is 14.6. The van der Waals surface area contributed by atoms with E-state index in [1.165, 1.54) is 18.2 Å². The smallest absolute Gasteiger partial charge is 0.266 e. The first-order chi connectivity index (χ1) is 17.0. The van der Waals surface area contributed by atoms with E-state index in [2.05, 4.69) is 10.3 Å². The molecule has 0 aliphatic carbocycles. The van der Waals surface area contributed by atoms with Gasteiger partial charge >= 0.3 is 0 Å². The molecule has 0 radical (unpaired) electrons. The molecule has 0 bridgehead atoms. The summed E-state index contributed by atoms with van der Waals surface area (Å²) in [6.45, 7) is 0.185. The topological polar surface area (TPSA) is 108 Å². The molecule has 0 fully saturated rings. The summed E-state index contributed by atoms with van der Waals surface area (Å²) in [5.74, 6) is -2.06. The highest BCUT2D eigenvalue weighted by Gasteiger charge is 2.19. The summed E-state index contributed by atoms with van der Waals surface area (Å²) in [4.78, 5) is 30.2. The van der Waals surface area contributed by atoms with E-state index in [9.17, 15) is 24.3 Å². The van der Waals surface area contributed by atoms with Crippen molar-refractivity contribution in [3.05, 3.63) is 112 Å². The second-order valence-corrected chi connectivity index (χ2v) is 8.34. The summed E-state index contributed by atoms with van der Waals surface area (Å²) in [5, 5.41) is 23.0. The van der Waals surface area contributed by atoms with E-state index in [4.69, 9.17) is 0 Å². The molecule has 1 aromatic heterocycles. The number of carbonyl (C=O) groups is 1. The molecule has 7 nitrogen and oxygen atoms in total. The number of nitrogens with zero attached hydrogens (tertiary/aromatic N) is 3. The van der Waals surface area contributed by atoms with Crippen LogP contribution in [0.15, 0.2) is 100 Å². The molecule has 174 valence electrons. The van der Waals surface area contributed by atoms with Gasteiger partial charge in [-0.25, -0.2) is 9.37 Å². The van der Waals surface area contributed by atoms with Crippen molar-refractivity contribution >= 4 is 28.6 Å². The van der Waals surface area contributed by atoms with E-state index in [-0.39, 0.29) is 23.1 Å². The highest BCUT2D eigenvalue weighted by molar-refractivity contribution is 7.99. The van der Waals surface area contributed by atoms with Crippen molar-refractivity contribution in [1.82, 2.24) is 14.9 Å². The average molecular weight is 487 g/mol. The van der Waals surface area contributed by atoms with Crippen LogP contribution in [0, 0.1) is 17.1 Å². The first-order valence-corrected chi connectivity index (χ1v) is 11.5. The van der Waals surface area contributed by atoms with E-state index < -0.39 is 28.6 Å². The second-order valence-electron chi connectivity index (χ2n) is 7.39. The molecule has 3 aromatic carbocycles. The highest BCUT2D eigenvalue weighted by atomic mass is 32.2. The summed E-state index contributed by atoms with van der Waals surface area (Å²) in [6.07, 6.45) is 0. The summed E-state index contributed by atoms with van der Waals surface area (Å²) < 4.78 is 15.7. The number of thioether (sulfide) groups is 1. The van der Waals surface area contributed by atoms with Gasteiger partial charge in [0.05, 0.1) is 22.3 Å². The predicted molar refractivity (Wildman–Crippen MR) is 132 cm³/mol. The number of aliphatic hydroxyl groups is 1. The number of fused-ring (bicyclic) bond motifs is 1. The summed E-state index contributed by atoms with van der Waals surface area (Å²) in [6, 6.07) is 23.3. The molecule has 2 N–H and O–H groups in total. The number of nitrogens with one attached hydrogen (secondary N) is 1. The number of amides is 1. The van der Waals surface area contributed by atoms with Crippen LogP contribution in [0.5, 0.6) is 0 Å². The molecule has 0 aliphatic rings. The SMILES string of the molecule is N#CC(C(=O)NCc1ccccc1)=C(O)CSc1nc2ccccc2c(=O)n1-c1ccccc1F. The van der Waals surface area contributed by atoms with Gasteiger partial charge in [-0.15, -0.1) is 0 Å². The Hall–Kier alpha value is -4.42. The Labute approximate surface area is 204 Å². The van der Waals surface area contributed by atoms with Crippen LogP contribution in [0.3, 0.4) is 0 Å². The number of aromatic nitrogens is 2. The molecule has 0 saturated carbocycles. The maximum atomic E-state index is 14.6. The van der Waals surface area contributed by atoms with Gasteiger partial charge in [-0.1, -0.05) is 66.4 Å². The van der Waals surface area contributed by atoms with Crippen molar-refractivity contribution in [2.45, 2.75) is 11.7 Å². The molecule has 1 heterocycles. The van der Waals surface area contributed by atoms with E-state index in [1.54, 1.807) is 36.4 Å². The molecule has 35 heavy (non-hydrogen) atoms. The van der Waals surface area contributed by atoms with Crippen molar-refractivity contribution in [3.63, 3.8) is 0 Å². The minimum atomic E-state index is -0.729. The molecule has 1 amide bonds. The van der Waals surface area contributed by atoms with Crippen LogP contribution >= 0.6 is 11.8 Å². The monoisotopic (exact) mass is 486 g/mol. The Morgan fingerprint density at radius 2 is 1.74 bits per heavy atom. The number of para-hydroxylation sites is 2. The summed E-state index contributed by atoms with van der Waals surface area (Å²) >= 11 is 0.909. The number of nitriles is 1. The lowest BCUT2D eigenvalue weighted by atomic mass is 10.2. The Bertz CT molecular complexity index is 1530. The molecular formula is C26H19FN4O3S. The van der Waals surface area contributed by atoms with Crippen molar-refractivity contribution < 1.29 is 14.3 Å². The lowest BCUT2D eigenvalue weighted by molar-refractivity contribution is -0.117. The zero-order valence-electron chi connectivity index (χ0n) is 18.3. The summed E-state index contributed by atoms with van der Waals surface area (Å²) in [7, 11) is 0. The fourth-order valence-corrected chi connectivity index (χ4v) is 4.26. The molecule has 0 atom stereocenters. The zero-order valence-corrected chi connectivity index (χ0v) is 19.1. The van der Waals surface area contributed by atoms with Crippen molar-refractivity contribution in [3.8, 4) is 11.8 Å². The van der Waals surface area contributed by atoms with Crippen LogP contribution in [-0.4, -0.2) is 26.3 Å². The van der Waals surface area contributed by atoms with Crippen LogP contribution in [-0.2, 0) is 11.3 Å². The van der Waals surface area contributed by atoms with Gasteiger partial charge in [0.25, 0.3) is 11.5 Å². The lowest BCUT2D eigenvalue weighted by Gasteiger charge is -2.14. The molecule has 4 rings (SSSR count). The Balaban J connectivity index is 1.64. The Morgan fingerprint density at radius 3 is 2.49 bits per heavy atom. The molecular weight excluding hydrogens is 467 g/mol. The van der Waals surface area contributed by atoms with Crippen molar-refractivity contribution in [1.29, 1.82) is 5.26 Å². The number of benzene rings is 3. The van der Waals surface area contributed by atoms with Crippen molar-refractivity contribution in [2.24, 2.45) is 0 Å². The Kier molecular flexibility index (Phi) is 7.24. The number of rotatable bonds is 7. The largest absolute Gasteiger partial charge is 0.510 e. The third-order valence-electron chi connectivity index (χ3n) is 5.10. The molecule has 0 spiro atoms. The van der Waals surface area contributed by atoms with Gasteiger partial charge in [-0.2, -0.15) is 5.26 Å². The lowest BCUT2D eigenvalue weighted by Crippen LogP contribution is -2.25. The number of halogens is 1. The third-order valence-corrected chi connectivity index (χ3v) is 6.05. The van der Waals surface area contributed by atoms with Gasteiger partial charge in [0, 0.05) is 6.54 Å². The summed E-state index contributed by atoms with van der Waals surface area (Å²) in [5.41, 5.74) is 0.308. The van der Waals surface area contributed by atoms with Crippen LogP contribution in [0.1, 0.15) is 5.56 Å². The highest BCUT2D eigenvalue weighted by Crippen LogP contribution is 2.24. The Morgan fingerprint density at radius 1 is 1.06 bits per heavy atom. The number of aliphatic hydroxyl groups excluding tert-OH is 1. The average Bonchev–Trinajstić information content (AvgIpc) is 2.88. The van der Waals surface area contributed by atoms with E-state index in [1.807, 2.05) is 30.3 Å². The van der Waals surface area contributed by atoms with Crippen LogP contribution in [0.4, 0.5) is 4.39 Å². The third kappa shape index (κ3) is 5.23. The first kappa shape index (κ1) is 23.7. The van der Waals surface area contributed by atoms with E-state index >= 15 is 0 Å². The molecule has 4 aromatic rings. The molecule has 0 unspecified atom stereocenters. The predicted octanol–water partition coefficient (Wildman–Crippen LogP) is 4.27. The van der Waals surface area contributed by atoms with Gasteiger partial charge in [-0.05, 0) is 29.8 Å². The van der Waals surface area contributed by atoms with Gasteiger partial charge in [0.1, 0.15) is 17.6 Å². The molecule has 9 heteroatoms. The van der Waals surface area contributed by atoms with Crippen molar-refractivity contribution in [2.75, 3.05) is 5.75 Å². The number of carbonyl (C=O) groups excluding carboxylic acids is 1. The fourth-order valence-electron chi connectivity index (χ4n) is 3.37.